The van der Waals surface area contributed by atoms with Crippen LogP contribution in [-0.2, 0) is 11.2 Å². The van der Waals surface area contributed by atoms with E-state index in [1.54, 1.807) is 16.3 Å². The molecule has 1 N–H and O–H groups in total. The maximum Gasteiger partial charge on any atom is 0.252 e. The van der Waals surface area contributed by atoms with Crippen molar-refractivity contribution in [1.29, 1.82) is 0 Å². The van der Waals surface area contributed by atoms with Gasteiger partial charge in [0, 0.05) is 34.1 Å². The molecule has 0 aliphatic carbocycles. The Kier molecular flexibility index (Phi) is 5.10. The van der Waals surface area contributed by atoms with E-state index in [1.807, 2.05) is 32.0 Å². The Bertz CT molecular complexity index is 847. The normalized spacial score (nSPS) is 10.9. The van der Waals surface area contributed by atoms with Gasteiger partial charge in [0.25, 0.3) is 5.78 Å². The van der Waals surface area contributed by atoms with E-state index in [2.05, 4.69) is 32.5 Å². The van der Waals surface area contributed by atoms with Crippen LogP contribution < -0.4 is 5.32 Å². The smallest absolute Gasteiger partial charge is 0.252 e. The number of carbonyl (C=O) groups excluding carboxylic acids is 1. The van der Waals surface area contributed by atoms with Crippen LogP contribution in [0.4, 0.5) is 0 Å². The van der Waals surface area contributed by atoms with Crippen molar-refractivity contribution in [2.45, 2.75) is 25.2 Å². The molecule has 0 spiro atoms. The third-order valence-corrected chi connectivity index (χ3v) is 4.78. The van der Waals surface area contributed by atoms with Gasteiger partial charge in [-0.05, 0) is 26.0 Å². The van der Waals surface area contributed by atoms with E-state index in [0.717, 1.165) is 22.7 Å². The van der Waals surface area contributed by atoms with E-state index in [-0.39, 0.29) is 5.91 Å². The van der Waals surface area contributed by atoms with Crippen molar-refractivity contribution >= 4 is 23.4 Å². The first-order chi connectivity index (χ1) is 11.6. The fourth-order valence-corrected chi connectivity index (χ4v) is 3.30. The molecule has 0 unspecified atom stereocenters. The summed E-state index contributed by atoms with van der Waals surface area (Å²) in [4.78, 5) is 21.9. The van der Waals surface area contributed by atoms with Crippen LogP contribution >= 0.6 is 11.8 Å². The average Bonchev–Trinajstić information content (AvgIpc) is 3.05. The van der Waals surface area contributed by atoms with Crippen LogP contribution in [-0.4, -0.2) is 37.8 Å². The lowest BCUT2D eigenvalue weighted by atomic mass is 10.1. The molecule has 0 radical (unpaired) electrons. The molecule has 0 bridgehead atoms. The Morgan fingerprint density at radius 2 is 2.04 bits per heavy atom. The number of nitrogens with zero attached hydrogens (tertiary/aromatic N) is 4. The summed E-state index contributed by atoms with van der Waals surface area (Å²) < 4.78 is 1.67. The van der Waals surface area contributed by atoms with Gasteiger partial charge in [0.2, 0.25) is 5.91 Å². The van der Waals surface area contributed by atoms with Gasteiger partial charge in [-0.1, -0.05) is 18.2 Å². The topological polar surface area (TPSA) is 72.2 Å². The van der Waals surface area contributed by atoms with Crippen LogP contribution in [0.15, 0.2) is 41.6 Å². The lowest BCUT2D eigenvalue weighted by Crippen LogP contribution is -2.28. The highest BCUT2D eigenvalue weighted by Gasteiger charge is 2.14. The minimum atomic E-state index is -0.00359. The van der Waals surface area contributed by atoms with E-state index in [4.69, 9.17) is 0 Å². The zero-order valence-corrected chi connectivity index (χ0v) is 14.5. The summed E-state index contributed by atoms with van der Waals surface area (Å²) in [6, 6.07) is 10.2. The van der Waals surface area contributed by atoms with Crippen molar-refractivity contribution in [3.63, 3.8) is 0 Å². The number of benzene rings is 1. The molecule has 1 aromatic carbocycles. The van der Waals surface area contributed by atoms with Crippen molar-refractivity contribution in [3.05, 3.63) is 53.6 Å². The second-order valence-corrected chi connectivity index (χ2v) is 6.59. The number of aryl methyl sites for hydroxylation is 2. The minimum absolute atomic E-state index is 0.00359. The van der Waals surface area contributed by atoms with Gasteiger partial charge in [-0.3, -0.25) is 4.79 Å². The summed E-state index contributed by atoms with van der Waals surface area (Å²) in [5.41, 5.74) is 2.63. The highest BCUT2D eigenvalue weighted by Crippen LogP contribution is 2.16. The summed E-state index contributed by atoms with van der Waals surface area (Å²) in [6.45, 7) is 4.47. The maximum atomic E-state index is 12.2. The first-order valence-corrected chi connectivity index (χ1v) is 8.74. The predicted molar refractivity (Wildman–Crippen MR) is 94.1 cm³/mol. The molecule has 2 aromatic heterocycles. The molecule has 0 saturated carbocycles. The molecule has 0 saturated heterocycles. The fourth-order valence-electron chi connectivity index (χ4n) is 2.51. The number of nitrogens with one attached hydrogen (secondary N) is 1. The van der Waals surface area contributed by atoms with Gasteiger partial charge < -0.3 is 5.32 Å². The molecule has 6 nitrogen and oxygen atoms in total. The molecule has 1 amide bonds. The van der Waals surface area contributed by atoms with Crippen molar-refractivity contribution < 1.29 is 4.79 Å². The molecule has 0 atom stereocenters. The van der Waals surface area contributed by atoms with Crippen LogP contribution in [0.1, 0.15) is 17.0 Å². The number of aromatic nitrogens is 4. The highest BCUT2D eigenvalue weighted by atomic mass is 32.2. The molecular formula is C17H19N5OS. The maximum absolute atomic E-state index is 12.2. The van der Waals surface area contributed by atoms with Gasteiger partial charge in [0.1, 0.15) is 6.33 Å². The van der Waals surface area contributed by atoms with Crippen LogP contribution in [0.25, 0.3) is 5.78 Å². The number of fused-ring (bicyclic) bond motifs is 1. The predicted octanol–water partition coefficient (Wildman–Crippen LogP) is 2.19. The number of thioether (sulfide) groups is 1. The van der Waals surface area contributed by atoms with Crippen LogP contribution in [0.5, 0.6) is 0 Å². The largest absolute Gasteiger partial charge is 0.355 e. The Balaban J connectivity index is 1.55. The zero-order chi connectivity index (χ0) is 16.9. The number of amides is 1. The molecule has 0 aliphatic heterocycles. The van der Waals surface area contributed by atoms with Crippen molar-refractivity contribution in [3.8, 4) is 0 Å². The number of hydrogen-bond acceptors (Lipinski definition) is 5. The third-order valence-electron chi connectivity index (χ3n) is 3.76. The number of hydrogen-bond donors (Lipinski definition) is 1. The lowest BCUT2D eigenvalue weighted by molar-refractivity contribution is -0.120. The van der Waals surface area contributed by atoms with E-state index >= 15 is 0 Å². The van der Waals surface area contributed by atoms with Gasteiger partial charge in [-0.2, -0.15) is 10.1 Å². The molecule has 2 heterocycles. The molecule has 3 aromatic rings. The van der Waals surface area contributed by atoms with E-state index < -0.39 is 0 Å². The molecule has 0 fully saturated rings. The van der Waals surface area contributed by atoms with E-state index in [9.17, 15) is 4.79 Å². The third kappa shape index (κ3) is 3.73. The van der Waals surface area contributed by atoms with Crippen LogP contribution in [0.2, 0.25) is 0 Å². The first-order valence-electron chi connectivity index (χ1n) is 7.75. The molecule has 0 aliphatic rings. The highest BCUT2D eigenvalue weighted by molar-refractivity contribution is 7.99. The Morgan fingerprint density at radius 1 is 1.25 bits per heavy atom. The SMILES string of the molecule is Cc1nc2ncnn2c(C)c1CC(=O)NCCSc1ccccc1. The minimum Gasteiger partial charge on any atom is -0.355 e. The summed E-state index contributed by atoms with van der Waals surface area (Å²) >= 11 is 1.73. The lowest BCUT2D eigenvalue weighted by Gasteiger charge is -2.10. The summed E-state index contributed by atoms with van der Waals surface area (Å²) in [5.74, 6) is 1.40. The van der Waals surface area contributed by atoms with Crippen molar-refractivity contribution in [1.82, 2.24) is 24.9 Å². The van der Waals surface area contributed by atoms with Crippen molar-refractivity contribution in [2.75, 3.05) is 12.3 Å². The standard InChI is InChI=1S/C17H19N5OS/c1-12-15(13(2)22-17(21-12)19-11-20-22)10-16(23)18-8-9-24-14-6-4-3-5-7-14/h3-7,11H,8-10H2,1-2H3,(H,18,23). The quantitative estimate of drug-likeness (QED) is 0.550. The van der Waals surface area contributed by atoms with Crippen molar-refractivity contribution in [2.24, 2.45) is 0 Å². The van der Waals surface area contributed by atoms with Gasteiger partial charge in [-0.15, -0.1) is 11.8 Å². The summed E-state index contributed by atoms with van der Waals surface area (Å²) in [7, 11) is 0. The average molecular weight is 341 g/mol. The van der Waals surface area contributed by atoms with Crippen LogP contribution in [0.3, 0.4) is 0 Å². The monoisotopic (exact) mass is 341 g/mol. The van der Waals surface area contributed by atoms with E-state index in [0.29, 0.717) is 18.7 Å². The Hall–Kier alpha value is -2.41. The molecule has 7 heteroatoms. The van der Waals surface area contributed by atoms with Gasteiger partial charge in [0.05, 0.1) is 6.42 Å². The second kappa shape index (κ2) is 7.44. The van der Waals surface area contributed by atoms with E-state index in [1.165, 1.54) is 11.2 Å². The fraction of sp³-hybridized carbons (Fsp3) is 0.294. The second-order valence-electron chi connectivity index (χ2n) is 5.42. The number of carbonyl (C=O) groups is 1. The molecule has 24 heavy (non-hydrogen) atoms. The van der Waals surface area contributed by atoms with Gasteiger partial charge >= 0.3 is 0 Å². The molecular weight excluding hydrogens is 322 g/mol. The zero-order valence-electron chi connectivity index (χ0n) is 13.7. The number of rotatable bonds is 6. The summed E-state index contributed by atoms with van der Waals surface area (Å²) in [6.07, 6.45) is 1.77. The van der Waals surface area contributed by atoms with Gasteiger partial charge in [-0.25, -0.2) is 9.50 Å². The molecule has 3 rings (SSSR count). The van der Waals surface area contributed by atoms with Crippen LogP contribution in [0, 0.1) is 13.8 Å². The first kappa shape index (κ1) is 16.4. The Morgan fingerprint density at radius 3 is 2.83 bits per heavy atom. The molecule has 124 valence electrons. The Labute approximate surface area is 144 Å². The van der Waals surface area contributed by atoms with Gasteiger partial charge in [0.15, 0.2) is 0 Å². The summed E-state index contributed by atoms with van der Waals surface area (Å²) in [5, 5.41) is 7.11.